The van der Waals surface area contributed by atoms with Gasteiger partial charge in [-0.3, -0.25) is 13.8 Å². The fourth-order valence-corrected chi connectivity index (χ4v) is 7.06. The van der Waals surface area contributed by atoms with Gasteiger partial charge < -0.3 is 18.9 Å². The minimum absolute atomic E-state index is 0.137. The molecule has 0 amide bonds. The third kappa shape index (κ3) is 13.7. The van der Waals surface area contributed by atoms with Crippen LogP contribution in [0.4, 0.5) is 0 Å². The lowest BCUT2D eigenvalue weighted by Crippen LogP contribution is -2.49. The number of phosphoric ester groups is 1. The number of nitrogens with zero attached hydrogens (tertiary/aromatic N) is 1. The Kier molecular flexibility index (Phi) is 16.0. The van der Waals surface area contributed by atoms with E-state index in [9.17, 15) is 14.3 Å². The van der Waals surface area contributed by atoms with Gasteiger partial charge in [0, 0.05) is 32.3 Å². The van der Waals surface area contributed by atoms with Gasteiger partial charge in [-0.25, -0.2) is 4.57 Å². The van der Waals surface area contributed by atoms with Crippen LogP contribution in [0.25, 0.3) is 0 Å². The zero-order valence-electron chi connectivity index (χ0n) is 24.7. The number of carbonyl (C=O) groups excluding carboxylic acids is 1. The number of fused-ring (bicyclic) bond motifs is 2. The summed E-state index contributed by atoms with van der Waals surface area (Å²) >= 11 is 0. The van der Waals surface area contributed by atoms with Gasteiger partial charge in [0.2, 0.25) is 0 Å². The Bertz CT molecular complexity index is 704. The molecule has 0 aromatic heterocycles. The summed E-state index contributed by atoms with van der Waals surface area (Å²) in [6.07, 6.45) is 19.0. The van der Waals surface area contributed by atoms with Gasteiger partial charge in [-0.15, -0.1) is 0 Å². The van der Waals surface area contributed by atoms with E-state index in [-0.39, 0.29) is 25.2 Å². The summed E-state index contributed by atoms with van der Waals surface area (Å²) in [5.74, 6) is -0.197. The third-order valence-electron chi connectivity index (χ3n) is 8.27. The molecule has 224 valence electrons. The molecule has 0 radical (unpaired) electrons. The first kappa shape index (κ1) is 33.7. The Morgan fingerprint density at radius 3 is 1.92 bits per heavy atom. The summed E-state index contributed by atoms with van der Waals surface area (Å²) in [4.78, 5) is 21.7. The number of unbranched alkanes of at least 4 members (excludes halogenated alkanes) is 13. The van der Waals surface area contributed by atoms with Crippen LogP contribution in [0.3, 0.4) is 0 Å². The van der Waals surface area contributed by atoms with E-state index in [2.05, 4.69) is 21.0 Å². The van der Waals surface area contributed by atoms with Crippen LogP contribution in [0, 0.1) is 5.92 Å². The second kappa shape index (κ2) is 18.0. The number of ether oxygens (including phenoxy) is 2. The number of piperidine rings is 1. The highest BCUT2D eigenvalue weighted by Crippen LogP contribution is 2.52. The molecule has 2 rings (SSSR count). The van der Waals surface area contributed by atoms with Gasteiger partial charge in [0.25, 0.3) is 0 Å². The number of carbonyl (C=O) groups is 1. The maximum atomic E-state index is 12.5. The lowest BCUT2D eigenvalue weighted by molar-refractivity contribution is -0.907. The number of hydrogen-bond acceptors (Lipinski definition) is 6. The van der Waals surface area contributed by atoms with E-state index in [1.807, 2.05) is 0 Å². The van der Waals surface area contributed by atoms with Crippen LogP contribution in [-0.4, -0.2) is 74.1 Å². The molecule has 2 aliphatic rings. The maximum Gasteiger partial charge on any atom is 0.472 e. The van der Waals surface area contributed by atoms with E-state index < -0.39 is 19.9 Å². The molecule has 1 saturated carbocycles. The Morgan fingerprint density at radius 1 is 0.895 bits per heavy atom. The molecule has 38 heavy (non-hydrogen) atoms. The monoisotopic (exact) mass is 562 g/mol. The summed E-state index contributed by atoms with van der Waals surface area (Å²) in [7, 11) is 0.145. The van der Waals surface area contributed by atoms with Crippen molar-refractivity contribution in [1.29, 1.82) is 0 Å². The smallest absolute Gasteiger partial charge is 0.458 e. The van der Waals surface area contributed by atoms with Gasteiger partial charge in [-0.1, -0.05) is 90.4 Å². The zero-order valence-corrected chi connectivity index (χ0v) is 25.6. The fourth-order valence-electron chi connectivity index (χ4n) is 6.05. The second-order valence-corrected chi connectivity index (χ2v) is 13.6. The van der Waals surface area contributed by atoms with E-state index in [1.54, 1.807) is 0 Å². The van der Waals surface area contributed by atoms with Crippen LogP contribution >= 0.6 is 7.82 Å². The Morgan fingerprint density at radius 2 is 1.45 bits per heavy atom. The molecule has 1 saturated heterocycles. The van der Waals surface area contributed by atoms with Crippen molar-refractivity contribution in [2.45, 2.75) is 135 Å². The number of hydrogen-bond donors (Lipinski definition) is 1. The summed E-state index contributed by atoms with van der Waals surface area (Å²) in [5.41, 5.74) is 0. The van der Waals surface area contributed by atoms with Crippen molar-refractivity contribution >= 4 is 13.8 Å². The minimum atomic E-state index is -4.24. The number of esters is 1. The molecule has 9 heteroatoms. The van der Waals surface area contributed by atoms with Gasteiger partial charge >= 0.3 is 13.8 Å². The van der Waals surface area contributed by atoms with E-state index in [0.29, 0.717) is 12.6 Å². The van der Waals surface area contributed by atoms with Crippen LogP contribution in [0.15, 0.2) is 0 Å². The lowest BCUT2D eigenvalue weighted by atomic mass is 10.0. The second-order valence-electron chi connectivity index (χ2n) is 12.2. The summed E-state index contributed by atoms with van der Waals surface area (Å²) in [6, 6.07) is 0.460. The normalized spacial score (nSPS) is 24.4. The average molecular weight is 563 g/mol. The average Bonchev–Trinajstić information content (AvgIpc) is 3.37. The fraction of sp³-hybridized carbons (Fsp3) is 0.966. The molecule has 1 N–H and O–H groups in total. The van der Waals surface area contributed by atoms with Crippen LogP contribution in [0.2, 0.25) is 0 Å². The molecule has 8 nitrogen and oxygen atoms in total. The first-order valence-corrected chi connectivity index (χ1v) is 16.9. The molecule has 1 heterocycles. The Hall–Kier alpha value is -0.500. The molecule has 1 aliphatic heterocycles. The largest absolute Gasteiger partial charge is 0.472 e. The molecular formula is C29H57NO7P+. The molecule has 0 aromatic carbocycles. The number of rotatable bonds is 23. The molecular weight excluding hydrogens is 505 g/mol. The predicted molar refractivity (Wildman–Crippen MR) is 151 cm³/mol. The summed E-state index contributed by atoms with van der Waals surface area (Å²) in [5, 5.41) is 0. The van der Waals surface area contributed by atoms with Crippen LogP contribution < -0.4 is 0 Å². The van der Waals surface area contributed by atoms with Gasteiger partial charge in [0.1, 0.15) is 6.10 Å². The van der Waals surface area contributed by atoms with Gasteiger partial charge in [-0.05, 0) is 6.42 Å². The van der Waals surface area contributed by atoms with Crippen molar-refractivity contribution in [3.8, 4) is 0 Å². The van der Waals surface area contributed by atoms with E-state index in [4.69, 9.17) is 18.5 Å². The van der Waals surface area contributed by atoms with Crippen molar-refractivity contribution in [3.05, 3.63) is 0 Å². The lowest BCUT2D eigenvalue weighted by Gasteiger charge is -2.37. The van der Waals surface area contributed by atoms with Crippen LogP contribution in [0.5, 0.6) is 0 Å². The number of quaternary nitrogens is 1. The zero-order chi connectivity index (χ0) is 27.9. The molecule has 0 spiro atoms. The van der Waals surface area contributed by atoms with Crippen LogP contribution in [0.1, 0.15) is 117 Å². The Labute approximate surface area is 232 Å². The molecule has 5 atom stereocenters. The van der Waals surface area contributed by atoms with Gasteiger partial charge in [-0.2, -0.15) is 0 Å². The standard InChI is InChI=1S/C29H56NO7P/c1-5-6-7-8-9-10-11-12-13-14-15-16-17-18-19-34-23-28(36-25(2)31)24-35-38(32,33)37-29-21-27-20-26(29)22-30(27,3)4/h26-29H,5-24H2,1-4H3/p+1. The molecule has 2 fully saturated rings. The molecule has 5 unspecified atom stereocenters. The highest BCUT2D eigenvalue weighted by atomic mass is 31.2. The highest BCUT2D eigenvalue weighted by Gasteiger charge is 2.53. The number of phosphoric acid groups is 1. The molecule has 1 aliphatic carbocycles. The quantitative estimate of drug-likeness (QED) is 0.0635. The number of likely N-dealkylation sites (tertiary alicyclic amines) is 1. The first-order chi connectivity index (χ1) is 18.1. The third-order valence-corrected chi connectivity index (χ3v) is 9.28. The highest BCUT2D eigenvalue weighted by molar-refractivity contribution is 7.47. The Balaban J connectivity index is 1.48. The van der Waals surface area contributed by atoms with Crippen molar-refractivity contribution in [2.24, 2.45) is 5.92 Å². The maximum absolute atomic E-state index is 12.5. The topological polar surface area (TPSA) is 91.3 Å². The minimum Gasteiger partial charge on any atom is -0.458 e. The van der Waals surface area contributed by atoms with E-state index in [0.717, 1.165) is 36.7 Å². The van der Waals surface area contributed by atoms with Crippen molar-refractivity contribution in [3.63, 3.8) is 0 Å². The van der Waals surface area contributed by atoms with Crippen molar-refractivity contribution in [2.75, 3.05) is 40.5 Å². The van der Waals surface area contributed by atoms with Crippen molar-refractivity contribution in [1.82, 2.24) is 0 Å². The summed E-state index contributed by atoms with van der Waals surface area (Å²) < 4.78 is 35.1. The SMILES string of the molecule is CCCCCCCCCCCCCCCCOCC(COP(=O)(O)OC1CC2CC1C[N+]2(C)C)OC(C)=O. The first-order valence-electron chi connectivity index (χ1n) is 15.4. The van der Waals surface area contributed by atoms with E-state index in [1.165, 1.54) is 84.0 Å². The van der Waals surface area contributed by atoms with Crippen LogP contribution in [-0.2, 0) is 27.9 Å². The van der Waals surface area contributed by atoms with E-state index >= 15 is 0 Å². The summed E-state index contributed by atoms with van der Waals surface area (Å²) in [6.45, 7) is 5.00. The molecule has 0 aromatic rings. The van der Waals surface area contributed by atoms with Crippen molar-refractivity contribution < 1.29 is 37.3 Å². The van der Waals surface area contributed by atoms with Gasteiger partial charge in [0.15, 0.2) is 0 Å². The predicted octanol–water partition coefficient (Wildman–Crippen LogP) is 6.79. The van der Waals surface area contributed by atoms with Gasteiger partial charge in [0.05, 0.1) is 46.0 Å². The molecule has 2 bridgehead atoms.